The molecule has 1 N–H and O–H groups in total. The zero-order chi connectivity index (χ0) is 25.9. The minimum Gasteiger partial charge on any atom is -0.379 e. The Morgan fingerprint density at radius 1 is 0.865 bits per heavy atom. The van der Waals surface area contributed by atoms with Gasteiger partial charge < -0.3 is 15.0 Å². The Labute approximate surface area is 224 Å². The highest BCUT2D eigenvalue weighted by Gasteiger charge is 2.30. The smallest absolute Gasteiger partial charge is 0.243 e. The number of nitrogens with zero attached hydrogens (tertiary/aromatic N) is 2. The monoisotopic (exact) mass is 519 g/mol. The number of halogens is 1. The summed E-state index contributed by atoms with van der Waals surface area (Å²) in [6, 6.07) is 26.3. The Balaban J connectivity index is 1.55. The van der Waals surface area contributed by atoms with Gasteiger partial charge in [0.1, 0.15) is 6.04 Å². The Kier molecular flexibility index (Phi) is 10.1. The molecule has 1 saturated heterocycles. The number of morpholine rings is 1. The molecule has 3 aromatic rings. The Bertz CT molecular complexity index is 1120. The van der Waals surface area contributed by atoms with Gasteiger partial charge in [0.05, 0.1) is 19.6 Å². The maximum atomic E-state index is 13.7. The lowest BCUT2D eigenvalue weighted by Gasteiger charge is -2.32. The van der Waals surface area contributed by atoms with Gasteiger partial charge in [0.25, 0.3) is 0 Å². The number of rotatable bonds is 11. The number of carbonyl (C=O) groups is 2. The van der Waals surface area contributed by atoms with Crippen LogP contribution in [0.1, 0.15) is 16.7 Å². The zero-order valence-electron chi connectivity index (χ0n) is 21.0. The van der Waals surface area contributed by atoms with Crippen molar-refractivity contribution in [2.75, 3.05) is 39.4 Å². The molecule has 0 bridgehead atoms. The first-order valence-corrected chi connectivity index (χ1v) is 13.2. The van der Waals surface area contributed by atoms with Crippen LogP contribution in [0.5, 0.6) is 0 Å². The molecule has 6 nitrogen and oxygen atoms in total. The minimum atomic E-state index is -0.646. The lowest BCUT2D eigenvalue weighted by molar-refractivity contribution is -0.140. The topological polar surface area (TPSA) is 61.9 Å². The van der Waals surface area contributed by atoms with Crippen molar-refractivity contribution >= 4 is 23.4 Å². The maximum Gasteiger partial charge on any atom is 0.243 e. The first-order valence-electron chi connectivity index (χ1n) is 12.8. The second kappa shape index (κ2) is 13.9. The summed E-state index contributed by atoms with van der Waals surface area (Å²) in [5.41, 5.74) is 2.85. The highest BCUT2D eigenvalue weighted by atomic mass is 35.5. The second-order valence-corrected chi connectivity index (χ2v) is 9.70. The molecule has 1 aliphatic heterocycles. The van der Waals surface area contributed by atoms with Gasteiger partial charge in [-0.3, -0.25) is 14.5 Å². The highest BCUT2D eigenvalue weighted by molar-refractivity contribution is 6.30. The molecule has 2 amide bonds. The summed E-state index contributed by atoms with van der Waals surface area (Å²) in [5.74, 6) is -0.243. The molecule has 4 rings (SSSR count). The molecule has 1 heterocycles. The molecule has 37 heavy (non-hydrogen) atoms. The van der Waals surface area contributed by atoms with E-state index >= 15 is 0 Å². The van der Waals surface area contributed by atoms with E-state index in [1.54, 1.807) is 17.0 Å². The first-order chi connectivity index (χ1) is 18.1. The maximum absolute atomic E-state index is 13.7. The standard InChI is InChI=1S/C30H34ClN3O3/c31-27-13-11-25(12-14-27)22-29(35)34(23-26-9-5-2-6-10-26)28(21-24-7-3-1-4-8-24)30(36)32-15-16-33-17-19-37-20-18-33/h1-14,28H,15-23H2,(H,32,36)/t28-/m1/s1. The number of hydrogen-bond acceptors (Lipinski definition) is 4. The van der Waals surface area contributed by atoms with Crippen LogP contribution < -0.4 is 5.32 Å². The molecule has 7 heteroatoms. The summed E-state index contributed by atoms with van der Waals surface area (Å²) in [6.45, 7) is 4.79. The van der Waals surface area contributed by atoms with E-state index in [1.807, 2.05) is 72.8 Å². The number of nitrogens with one attached hydrogen (secondary N) is 1. The Morgan fingerprint density at radius 2 is 1.49 bits per heavy atom. The van der Waals surface area contributed by atoms with Crippen LogP contribution in [0, 0.1) is 0 Å². The van der Waals surface area contributed by atoms with Crippen molar-refractivity contribution in [1.29, 1.82) is 0 Å². The summed E-state index contributed by atoms with van der Waals surface area (Å²) >= 11 is 6.05. The minimum absolute atomic E-state index is 0.101. The molecule has 0 aromatic heterocycles. The average molecular weight is 520 g/mol. The van der Waals surface area contributed by atoms with Crippen LogP contribution in [0.15, 0.2) is 84.9 Å². The predicted molar refractivity (Wildman–Crippen MR) is 146 cm³/mol. The normalized spacial score (nSPS) is 14.6. The molecule has 1 atom stereocenters. The van der Waals surface area contributed by atoms with Crippen LogP contribution in [0.4, 0.5) is 0 Å². The van der Waals surface area contributed by atoms with Crippen LogP contribution in [0.3, 0.4) is 0 Å². The van der Waals surface area contributed by atoms with Gasteiger partial charge in [0.2, 0.25) is 11.8 Å². The fourth-order valence-electron chi connectivity index (χ4n) is 4.49. The van der Waals surface area contributed by atoms with E-state index in [0.717, 1.165) is 36.3 Å². The van der Waals surface area contributed by atoms with Crippen molar-refractivity contribution in [2.24, 2.45) is 0 Å². The van der Waals surface area contributed by atoms with Crippen LogP contribution in [0.25, 0.3) is 0 Å². The van der Waals surface area contributed by atoms with Crippen molar-refractivity contribution in [3.05, 3.63) is 107 Å². The van der Waals surface area contributed by atoms with Gasteiger partial charge in [0, 0.05) is 44.2 Å². The molecule has 0 radical (unpaired) electrons. The van der Waals surface area contributed by atoms with E-state index in [2.05, 4.69) is 10.2 Å². The van der Waals surface area contributed by atoms with Gasteiger partial charge in [-0.25, -0.2) is 0 Å². The van der Waals surface area contributed by atoms with Crippen LogP contribution in [-0.4, -0.2) is 67.0 Å². The number of hydrogen-bond donors (Lipinski definition) is 1. The van der Waals surface area contributed by atoms with E-state index in [-0.39, 0.29) is 18.2 Å². The lowest BCUT2D eigenvalue weighted by atomic mass is 10.0. The molecule has 0 aliphatic carbocycles. The average Bonchev–Trinajstić information content (AvgIpc) is 2.93. The molecular formula is C30H34ClN3O3. The van der Waals surface area contributed by atoms with Gasteiger partial charge in [-0.1, -0.05) is 84.4 Å². The second-order valence-electron chi connectivity index (χ2n) is 9.26. The van der Waals surface area contributed by atoms with E-state index < -0.39 is 6.04 Å². The lowest BCUT2D eigenvalue weighted by Crippen LogP contribution is -2.52. The van der Waals surface area contributed by atoms with E-state index in [9.17, 15) is 9.59 Å². The highest BCUT2D eigenvalue weighted by Crippen LogP contribution is 2.17. The van der Waals surface area contributed by atoms with Crippen molar-refractivity contribution in [1.82, 2.24) is 15.1 Å². The van der Waals surface area contributed by atoms with Crippen LogP contribution in [0.2, 0.25) is 5.02 Å². The third kappa shape index (κ3) is 8.42. The molecule has 194 valence electrons. The van der Waals surface area contributed by atoms with E-state index in [4.69, 9.17) is 16.3 Å². The summed E-state index contributed by atoms with van der Waals surface area (Å²) in [5, 5.41) is 3.73. The number of benzene rings is 3. The fourth-order valence-corrected chi connectivity index (χ4v) is 4.62. The molecule has 0 unspecified atom stereocenters. The quantitative estimate of drug-likeness (QED) is 0.416. The van der Waals surface area contributed by atoms with Gasteiger partial charge in [-0.05, 0) is 28.8 Å². The number of carbonyl (C=O) groups excluding carboxylic acids is 2. The molecular weight excluding hydrogens is 486 g/mol. The van der Waals surface area contributed by atoms with Gasteiger partial charge in [0.15, 0.2) is 0 Å². The van der Waals surface area contributed by atoms with Crippen LogP contribution in [-0.2, 0) is 33.7 Å². The SMILES string of the molecule is O=C(NCCN1CCOCC1)[C@@H](Cc1ccccc1)N(Cc1ccccc1)C(=O)Cc1ccc(Cl)cc1. The number of ether oxygens (including phenoxy) is 1. The van der Waals surface area contributed by atoms with Crippen molar-refractivity contribution in [3.8, 4) is 0 Å². The van der Waals surface area contributed by atoms with Gasteiger partial charge >= 0.3 is 0 Å². The molecule has 0 spiro atoms. The first kappa shape index (κ1) is 26.9. The summed E-state index contributed by atoms with van der Waals surface area (Å²) in [6.07, 6.45) is 0.625. The zero-order valence-corrected chi connectivity index (χ0v) is 21.8. The Morgan fingerprint density at radius 3 is 2.14 bits per heavy atom. The van der Waals surface area contributed by atoms with E-state index in [0.29, 0.717) is 37.7 Å². The summed E-state index contributed by atoms with van der Waals surface area (Å²) < 4.78 is 5.42. The van der Waals surface area contributed by atoms with Crippen molar-refractivity contribution in [3.63, 3.8) is 0 Å². The molecule has 1 fully saturated rings. The van der Waals surface area contributed by atoms with Gasteiger partial charge in [-0.15, -0.1) is 0 Å². The third-order valence-corrected chi connectivity index (χ3v) is 6.82. The largest absolute Gasteiger partial charge is 0.379 e. The molecule has 1 aliphatic rings. The molecule has 0 saturated carbocycles. The molecule has 3 aromatic carbocycles. The fraction of sp³-hybridized carbons (Fsp3) is 0.333. The van der Waals surface area contributed by atoms with Crippen molar-refractivity contribution < 1.29 is 14.3 Å². The van der Waals surface area contributed by atoms with Crippen molar-refractivity contribution in [2.45, 2.75) is 25.4 Å². The summed E-state index contributed by atoms with van der Waals surface area (Å²) in [4.78, 5) is 31.4. The predicted octanol–water partition coefficient (Wildman–Crippen LogP) is 3.97. The summed E-state index contributed by atoms with van der Waals surface area (Å²) in [7, 11) is 0. The van der Waals surface area contributed by atoms with E-state index in [1.165, 1.54) is 0 Å². The third-order valence-electron chi connectivity index (χ3n) is 6.57. The number of amides is 2. The Hall–Kier alpha value is -3.19. The van der Waals surface area contributed by atoms with Gasteiger partial charge in [-0.2, -0.15) is 0 Å². The van der Waals surface area contributed by atoms with Crippen LogP contribution >= 0.6 is 11.6 Å².